The van der Waals surface area contributed by atoms with Crippen molar-refractivity contribution in [2.24, 2.45) is 0 Å². The van der Waals surface area contributed by atoms with E-state index in [2.05, 4.69) is 4.72 Å². The number of benzene rings is 2. The second kappa shape index (κ2) is 9.06. The summed E-state index contributed by atoms with van der Waals surface area (Å²) in [5, 5.41) is 0.536. The fraction of sp³-hybridized carbons (Fsp3) is 0.400. The van der Waals surface area contributed by atoms with Gasteiger partial charge < -0.3 is 9.08 Å². The number of nitrogens with one attached hydrogen (secondary N) is 1. The third-order valence-electron chi connectivity index (χ3n) is 4.13. The van der Waals surface area contributed by atoms with Gasteiger partial charge in [0.1, 0.15) is 22.4 Å². The molecule has 2 rings (SSSR count). The first kappa shape index (κ1) is 23.0. The van der Waals surface area contributed by atoms with Gasteiger partial charge >= 0.3 is 0 Å². The van der Waals surface area contributed by atoms with Gasteiger partial charge in [0.2, 0.25) is 7.37 Å². The van der Waals surface area contributed by atoms with Crippen LogP contribution in [0.4, 0.5) is 8.78 Å². The fourth-order valence-corrected chi connectivity index (χ4v) is 4.75. The Balaban J connectivity index is 2.45. The van der Waals surface area contributed by atoms with Gasteiger partial charge in [0.05, 0.1) is 6.61 Å². The summed E-state index contributed by atoms with van der Waals surface area (Å²) in [6, 6.07) is 9.21. The van der Waals surface area contributed by atoms with Crippen molar-refractivity contribution >= 4 is 24.0 Å². The zero-order valence-corrected chi connectivity index (χ0v) is 18.4. The van der Waals surface area contributed by atoms with Crippen LogP contribution in [0, 0.1) is 11.6 Å². The van der Waals surface area contributed by atoms with E-state index >= 15 is 0 Å². The molecule has 4 nitrogen and oxygen atoms in total. The second-order valence-electron chi connectivity index (χ2n) is 7.45. The Morgan fingerprint density at radius 3 is 2.29 bits per heavy atom. The smallest absolute Gasteiger partial charge is 0.229 e. The summed E-state index contributed by atoms with van der Waals surface area (Å²) < 4.78 is 60.7. The lowest BCUT2D eigenvalue weighted by atomic mass is 9.99. The van der Waals surface area contributed by atoms with E-state index in [9.17, 15) is 17.9 Å². The van der Waals surface area contributed by atoms with Gasteiger partial charge in [0.15, 0.2) is 0 Å². The maximum absolute atomic E-state index is 14.5. The average molecular weight is 429 g/mol. The van der Waals surface area contributed by atoms with Gasteiger partial charge in [-0.1, -0.05) is 18.2 Å². The van der Waals surface area contributed by atoms with Crippen molar-refractivity contribution in [2.75, 3.05) is 13.3 Å². The minimum absolute atomic E-state index is 0.177. The summed E-state index contributed by atoms with van der Waals surface area (Å²) in [6.45, 7) is 9.02. The van der Waals surface area contributed by atoms with Crippen LogP contribution in [0.2, 0.25) is 0 Å². The van der Waals surface area contributed by atoms with E-state index in [0.29, 0.717) is 17.5 Å². The zero-order chi connectivity index (χ0) is 21.1. The molecule has 28 heavy (non-hydrogen) atoms. The molecule has 2 aromatic carbocycles. The highest BCUT2D eigenvalue weighted by molar-refractivity contribution is 7.90. The summed E-state index contributed by atoms with van der Waals surface area (Å²) >= 11 is -1.50. The fourth-order valence-electron chi connectivity index (χ4n) is 2.59. The first-order valence-electron chi connectivity index (χ1n) is 8.91. The number of hydrogen-bond acceptors (Lipinski definition) is 4. The molecule has 0 radical (unpaired) electrons. The molecular formula is C20H26F2NO3PS. The topological polar surface area (TPSA) is 61.4 Å². The van der Waals surface area contributed by atoms with Gasteiger partial charge in [0, 0.05) is 35.0 Å². The molecule has 0 aliphatic heterocycles. The molecule has 2 aromatic rings. The Kier molecular flexibility index (Phi) is 7.45. The number of halogens is 2. The highest BCUT2D eigenvalue weighted by atomic mass is 32.2. The maximum atomic E-state index is 14.5. The summed E-state index contributed by atoms with van der Waals surface area (Å²) in [5.74, 6) is -1.42. The summed E-state index contributed by atoms with van der Waals surface area (Å²) in [6.07, 6.45) is 0. The molecule has 0 bridgehead atoms. The summed E-state index contributed by atoms with van der Waals surface area (Å²) in [4.78, 5) is 0. The van der Waals surface area contributed by atoms with Crippen LogP contribution in [0.1, 0.15) is 44.9 Å². The number of hydrogen-bond donors (Lipinski definition) is 1. The van der Waals surface area contributed by atoms with Crippen LogP contribution >= 0.6 is 7.37 Å². The standard InChI is InChI=1S/C20H26F2NO3PS/c1-6-26-27(5,24)16-10-7-14(8-11-16)19(23-28(25)20(2,3)4)17-12-9-15(21)13-18(17)22/h7-13,19,23H,6H2,1-5H3/t19-,27?,28?/m1/s1. The highest BCUT2D eigenvalue weighted by Gasteiger charge is 2.32. The molecule has 0 aliphatic rings. The monoisotopic (exact) mass is 429 g/mol. The third-order valence-corrected chi connectivity index (χ3v) is 7.67. The molecule has 0 heterocycles. The predicted molar refractivity (Wildman–Crippen MR) is 110 cm³/mol. The molecule has 2 unspecified atom stereocenters. The Morgan fingerprint density at radius 2 is 1.79 bits per heavy atom. The largest absolute Gasteiger partial charge is 0.598 e. The van der Waals surface area contributed by atoms with Crippen LogP contribution in [0.3, 0.4) is 0 Å². The quantitative estimate of drug-likeness (QED) is 0.513. The second-order valence-corrected chi connectivity index (χ2v) is 11.9. The van der Waals surface area contributed by atoms with E-state index in [-0.39, 0.29) is 5.56 Å². The highest BCUT2D eigenvalue weighted by Crippen LogP contribution is 2.41. The van der Waals surface area contributed by atoms with Crippen LogP contribution < -0.4 is 10.0 Å². The van der Waals surface area contributed by atoms with Crippen LogP contribution in [0.25, 0.3) is 0 Å². The lowest BCUT2D eigenvalue weighted by molar-refractivity contribution is 0.345. The van der Waals surface area contributed by atoms with E-state index < -0.39 is 41.2 Å². The van der Waals surface area contributed by atoms with Gasteiger partial charge in [-0.2, -0.15) is 0 Å². The maximum Gasteiger partial charge on any atom is 0.229 e. The SMILES string of the molecule is CCOP(C)(=O)c1ccc([C@@H](N[S+]([O-])C(C)(C)C)c2ccc(F)cc2F)cc1. The van der Waals surface area contributed by atoms with Crippen molar-refractivity contribution in [3.63, 3.8) is 0 Å². The Hall–Kier alpha value is -1.24. The predicted octanol–water partition coefficient (Wildman–Crippen LogP) is 4.68. The van der Waals surface area contributed by atoms with Crippen LogP contribution in [0.15, 0.2) is 42.5 Å². The third kappa shape index (κ3) is 5.65. The Bertz CT molecular complexity index is 856. The molecule has 0 amide bonds. The van der Waals surface area contributed by atoms with Crippen LogP contribution in [-0.4, -0.2) is 22.6 Å². The lowest BCUT2D eigenvalue weighted by Gasteiger charge is -2.28. The summed E-state index contributed by atoms with van der Waals surface area (Å²) in [7, 11) is -2.94. The zero-order valence-electron chi connectivity index (χ0n) is 16.7. The van der Waals surface area contributed by atoms with Crippen LogP contribution in [-0.2, 0) is 20.5 Å². The van der Waals surface area contributed by atoms with Gasteiger partial charge in [-0.3, -0.25) is 4.57 Å². The van der Waals surface area contributed by atoms with Crippen molar-refractivity contribution in [1.29, 1.82) is 0 Å². The van der Waals surface area contributed by atoms with Gasteiger partial charge in [-0.05, 0) is 51.5 Å². The first-order valence-corrected chi connectivity index (χ1v) is 12.1. The van der Waals surface area contributed by atoms with Gasteiger partial charge in [-0.25, -0.2) is 8.78 Å². The molecule has 8 heteroatoms. The first-order chi connectivity index (χ1) is 13.0. The molecule has 0 fully saturated rings. The molecule has 0 saturated heterocycles. The molecule has 0 spiro atoms. The van der Waals surface area contributed by atoms with E-state index in [1.807, 2.05) is 0 Å². The number of rotatable bonds is 7. The van der Waals surface area contributed by atoms with Crippen molar-refractivity contribution in [1.82, 2.24) is 4.72 Å². The van der Waals surface area contributed by atoms with E-state index in [1.54, 1.807) is 52.0 Å². The molecule has 0 aliphatic carbocycles. The van der Waals surface area contributed by atoms with Crippen molar-refractivity contribution in [3.8, 4) is 0 Å². The normalized spacial score (nSPS) is 16.4. The molecule has 0 aromatic heterocycles. The molecule has 154 valence electrons. The Labute approximate surface area is 168 Å². The minimum Gasteiger partial charge on any atom is -0.598 e. The van der Waals surface area contributed by atoms with Crippen molar-refractivity contribution in [3.05, 3.63) is 65.2 Å². The molecule has 0 saturated carbocycles. The average Bonchev–Trinajstić information content (AvgIpc) is 2.59. The molecular weight excluding hydrogens is 403 g/mol. The van der Waals surface area contributed by atoms with E-state index in [0.717, 1.165) is 12.1 Å². The van der Waals surface area contributed by atoms with Gasteiger partial charge in [-0.15, -0.1) is 4.72 Å². The summed E-state index contributed by atoms with van der Waals surface area (Å²) in [5.41, 5.74) is 0.791. The van der Waals surface area contributed by atoms with E-state index in [4.69, 9.17) is 4.52 Å². The van der Waals surface area contributed by atoms with Crippen molar-refractivity contribution < 1.29 is 22.4 Å². The lowest BCUT2D eigenvalue weighted by Crippen LogP contribution is -2.41. The van der Waals surface area contributed by atoms with Crippen LogP contribution in [0.5, 0.6) is 0 Å². The van der Waals surface area contributed by atoms with E-state index in [1.165, 1.54) is 12.7 Å². The van der Waals surface area contributed by atoms with Crippen molar-refractivity contribution in [2.45, 2.75) is 38.5 Å². The Morgan fingerprint density at radius 1 is 1.18 bits per heavy atom. The minimum atomic E-state index is -2.94. The molecule has 1 N–H and O–H groups in total. The van der Waals surface area contributed by atoms with Gasteiger partial charge in [0.25, 0.3) is 0 Å². The molecule has 3 atom stereocenters.